The summed E-state index contributed by atoms with van der Waals surface area (Å²) in [5, 5.41) is 9.20. The molecular weight excluding hydrogens is 234 g/mol. The molecule has 0 saturated carbocycles. The molecule has 3 N–H and O–H groups in total. The number of thiocarbonyl (C=S) groups is 1. The van der Waals surface area contributed by atoms with Crippen LogP contribution in [0.5, 0.6) is 0 Å². The number of pyridine rings is 1. The lowest BCUT2D eigenvalue weighted by atomic mass is 9.99. The smallest absolute Gasteiger partial charge is 0.122 e. The third-order valence-corrected chi connectivity index (χ3v) is 3.35. The van der Waals surface area contributed by atoms with Crippen LogP contribution in [0, 0.1) is 5.92 Å². The van der Waals surface area contributed by atoms with Crippen molar-refractivity contribution in [1.82, 2.24) is 4.98 Å². The average molecular weight is 251 g/mol. The van der Waals surface area contributed by atoms with Crippen LogP contribution < -0.4 is 10.6 Å². The number of aromatic nitrogens is 1. The van der Waals surface area contributed by atoms with Crippen molar-refractivity contribution in [3.05, 3.63) is 24.0 Å². The Labute approximate surface area is 106 Å². The Morgan fingerprint density at radius 1 is 1.59 bits per heavy atom. The van der Waals surface area contributed by atoms with Crippen LogP contribution in [0.15, 0.2) is 18.3 Å². The zero-order valence-corrected chi connectivity index (χ0v) is 10.5. The lowest BCUT2D eigenvalue weighted by Gasteiger charge is -2.33. The molecule has 0 amide bonds. The van der Waals surface area contributed by atoms with Gasteiger partial charge in [-0.1, -0.05) is 12.2 Å². The molecule has 0 aliphatic carbocycles. The standard InChI is InChI=1S/C12H17N3OS/c13-12(17)11-4-3-10(6-14-11)15-5-1-2-9(7-15)8-16/h3-4,6,9,16H,1-2,5,7-8H2,(H2,13,17). The van der Waals surface area contributed by atoms with E-state index in [4.69, 9.17) is 18.0 Å². The van der Waals surface area contributed by atoms with Gasteiger partial charge >= 0.3 is 0 Å². The third kappa shape index (κ3) is 2.92. The van der Waals surface area contributed by atoms with Crippen molar-refractivity contribution in [3.8, 4) is 0 Å². The molecule has 0 radical (unpaired) electrons. The number of piperidine rings is 1. The van der Waals surface area contributed by atoms with Crippen molar-refractivity contribution in [2.75, 3.05) is 24.6 Å². The molecule has 1 atom stereocenters. The van der Waals surface area contributed by atoms with Gasteiger partial charge in [-0.05, 0) is 30.9 Å². The summed E-state index contributed by atoms with van der Waals surface area (Å²) >= 11 is 4.87. The largest absolute Gasteiger partial charge is 0.396 e. The minimum atomic E-state index is 0.259. The Balaban J connectivity index is 2.08. The Morgan fingerprint density at radius 2 is 2.41 bits per heavy atom. The molecule has 0 aromatic carbocycles. The fourth-order valence-electron chi connectivity index (χ4n) is 2.17. The van der Waals surface area contributed by atoms with Crippen LogP contribution in [0.4, 0.5) is 5.69 Å². The van der Waals surface area contributed by atoms with Crippen molar-refractivity contribution in [2.45, 2.75) is 12.8 Å². The number of hydrogen-bond acceptors (Lipinski definition) is 4. The Hall–Kier alpha value is -1.20. The summed E-state index contributed by atoms with van der Waals surface area (Å²) in [4.78, 5) is 6.81. The Bertz CT molecular complexity index is 393. The van der Waals surface area contributed by atoms with Crippen molar-refractivity contribution < 1.29 is 5.11 Å². The normalized spacial score (nSPS) is 20.3. The van der Waals surface area contributed by atoms with Gasteiger partial charge in [-0.2, -0.15) is 0 Å². The lowest BCUT2D eigenvalue weighted by molar-refractivity contribution is 0.208. The van der Waals surface area contributed by atoms with Crippen molar-refractivity contribution in [1.29, 1.82) is 0 Å². The zero-order chi connectivity index (χ0) is 12.3. The number of anilines is 1. The number of nitrogens with zero attached hydrogens (tertiary/aromatic N) is 2. The van der Waals surface area contributed by atoms with Gasteiger partial charge in [-0.3, -0.25) is 4.98 Å². The molecule has 4 nitrogen and oxygen atoms in total. The van der Waals surface area contributed by atoms with Gasteiger partial charge in [0.15, 0.2) is 0 Å². The molecule has 2 rings (SSSR count). The van der Waals surface area contributed by atoms with Crippen molar-refractivity contribution >= 4 is 22.9 Å². The molecular formula is C12H17N3OS. The van der Waals surface area contributed by atoms with Crippen LogP contribution in [0.25, 0.3) is 0 Å². The van der Waals surface area contributed by atoms with E-state index in [9.17, 15) is 5.11 Å². The van der Waals surface area contributed by atoms with Gasteiger partial charge in [0.2, 0.25) is 0 Å². The quantitative estimate of drug-likeness (QED) is 0.782. The molecule has 0 bridgehead atoms. The molecule has 1 saturated heterocycles. The third-order valence-electron chi connectivity index (χ3n) is 3.14. The predicted octanol–water partition coefficient (Wildman–Crippen LogP) is 0.924. The summed E-state index contributed by atoms with van der Waals surface area (Å²) in [6.45, 7) is 2.17. The van der Waals surface area contributed by atoms with Gasteiger partial charge < -0.3 is 15.7 Å². The lowest BCUT2D eigenvalue weighted by Crippen LogP contribution is -2.36. The molecule has 1 aromatic rings. The molecule has 2 heterocycles. The molecule has 0 spiro atoms. The van der Waals surface area contributed by atoms with Gasteiger partial charge in [0, 0.05) is 19.7 Å². The maximum atomic E-state index is 9.20. The number of hydrogen-bond donors (Lipinski definition) is 2. The van der Waals surface area contributed by atoms with E-state index in [1.165, 1.54) is 0 Å². The summed E-state index contributed by atoms with van der Waals surface area (Å²) in [5.74, 6) is 0.374. The average Bonchev–Trinajstić information content (AvgIpc) is 2.39. The highest BCUT2D eigenvalue weighted by molar-refractivity contribution is 7.80. The maximum absolute atomic E-state index is 9.20. The van der Waals surface area contributed by atoms with E-state index in [2.05, 4.69) is 9.88 Å². The van der Waals surface area contributed by atoms with Crippen LogP contribution in [-0.2, 0) is 0 Å². The second-order valence-corrected chi connectivity index (χ2v) is 4.84. The number of rotatable bonds is 3. The Kier molecular flexibility index (Phi) is 3.91. The van der Waals surface area contributed by atoms with Crippen LogP contribution in [0.1, 0.15) is 18.5 Å². The van der Waals surface area contributed by atoms with Gasteiger partial charge in [-0.15, -0.1) is 0 Å². The van der Waals surface area contributed by atoms with Crippen molar-refractivity contribution in [2.24, 2.45) is 11.7 Å². The first-order chi connectivity index (χ1) is 8.20. The first-order valence-electron chi connectivity index (χ1n) is 5.82. The van der Waals surface area contributed by atoms with E-state index in [0.29, 0.717) is 16.6 Å². The summed E-state index contributed by atoms with van der Waals surface area (Å²) in [5.41, 5.74) is 7.23. The van der Waals surface area contributed by atoms with Crippen LogP contribution in [0.2, 0.25) is 0 Å². The van der Waals surface area contributed by atoms with E-state index >= 15 is 0 Å². The van der Waals surface area contributed by atoms with Crippen LogP contribution in [0.3, 0.4) is 0 Å². The number of aliphatic hydroxyl groups excluding tert-OH is 1. The fourth-order valence-corrected chi connectivity index (χ4v) is 2.29. The summed E-state index contributed by atoms with van der Waals surface area (Å²) in [6, 6.07) is 3.83. The first kappa shape index (κ1) is 12.3. The summed E-state index contributed by atoms with van der Waals surface area (Å²) in [6.07, 6.45) is 4.02. The van der Waals surface area contributed by atoms with E-state index in [0.717, 1.165) is 31.6 Å². The predicted molar refractivity (Wildman–Crippen MR) is 72.1 cm³/mol. The van der Waals surface area contributed by atoms with Gasteiger partial charge in [0.1, 0.15) is 4.99 Å². The topological polar surface area (TPSA) is 62.4 Å². The highest BCUT2D eigenvalue weighted by Gasteiger charge is 2.19. The summed E-state index contributed by atoms with van der Waals surface area (Å²) < 4.78 is 0. The monoisotopic (exact) mass is 251 g/mol. The zero-order valence-electron chi connectivity index (χ0n) is 9.67. The number of nitrogens with two attached hydrogens (primary N) is 1. The van der Waals surface area contributed by atoms with Gasteiger partial charge in [0.05, 0.1) is 17.6 Å². The minimum Gasteiger partial charge on any atom is -0.396 e. The van der Waals surface area contributed by atoms with Crippen molar-refractivity contribution in [3.63, 3.8) is 0 Å². The van der Waals surface area contributed by atoms with Gasteiger partial charge in [0.25, 0.3) is 0 Å². The Morgan fingerprint density at radius 3 is 3.00 bits per heavy atom. The van der Waals surface area contributed by atoms with E-state index < -0.39 is 0 Å². The molecule has 1 aliphatic heterocycles. The molecule has 92 valence electrons. The fraction of sp³-hybridized carbons (Fsp3) is 0.500. The number of aliphatic hydroxyl groups is 1. The SMILES string of the molecule is NC(=S)c1ccc(N2CCCC(CO)C2)cn1. The minimum absolute atomic E-state index is 0.259. The molecule has 1 aromatic heterocycles. The molecule has 1 aliphatic rings. The molecule has 17 heavy (non-hydrogen) atoms. The van der Waals surface area contributed by atoms with E-state index in [1.807, 2.05) is 12.1 Å². The van der Waals surface area contributed by atoms with Gasteiger partial charge in [-0.25, -0.2) is 0 Å². The van der Waals surface area contributed by atoms with E-state index in [1.54, 1.807) is 6.20 Å². The second-order valence-electron chi connectivity index (χ2n) is 4.40. The second kappa shape index (κ2) is 5.42. The molecule has 1 unspecified atom stereocenters. The highest BCUT2D eigenvalue weighted by Crippen LogP contribution is 2.22. The maximum Gasteiger partial charge on any atom is 0.122 e. The van der Waals surface area contributed by atoms with Crippen LogP contribution in [-0.4, -0.2) is 34.8 Å². The first-order valence-corrected chi connectivity index (χ1v) is 6.23. The molecule has 1 fully saturated rings. The van der Waals surface area contributed by atoms with Crippen LogP contribution >= 0.6 is 12.2 Å². The summed E-state index contributed by atoms with van der Waals surface area (Å²) in [7, 11) is 0. The molecule has 5 heteroatoms. The highest BCUT2D eigenvalue weighted by atomic mass is 32.1. The van der Waals surface area contributed by atoms with E-state index in [-0.39, 0.29) is 6.61 Å².